The minimum absolute atomic E-state index is 0.772. The van der Waals surface area contributed by atoms with Crippen LogP contribution in [0.2, 0.25) is 0 Å². The standard InChI is InChI=1S/C11H22N2S/c1-9-4-3-5-10(8-9)6-7-13-11(14)12-2/h9-10H,3-8H2,1-2H3,(H2,12,13,14). The van der Waals surface area contributed by atoms with Crippen LogP contribution in [0.3, 0.4) is 0 Å². The molecule has 1 fully saturated rings. The molecular weight excluding hydrogens is 192 g/mol. The average Bonchev–Trinajstić information content (AvgIpc) is 2.17. The van der Waals surface area contributed by atoms with Gasteiger partial charge in [-0.05, 0) is 36.9 Å². The molecule has 0 aromatic carbocycles. The second-order valence-corrected chi connectivity index (χ2v) is 4.84. The van der Waals surface area contributed by atoms with E-state index in [2.05, 4.69) is 17.6 Å². The molecule has 0 aromatic rings. The maximum Gasteiger partial charge on any atom is 0.166 e. The number of rotatable bonds is 3. The zero-order chi connectivity index (χ0) is 10.4. The molecule has 0 bridgehead atoms. The van der Waals surface area contributed by atoms with Gasteiger partial charge in [0, 0.05) is 13.6 Å². The second kappa shape index (κ2) is 6.23. The predicted molar refractivity (Wildman–Crippen MR) is 65.4 cm³/mol. The quantitative estimate of drug-likeness (QED) is 0.705. The van der Waals surface area contributed by atoms with Crippen LogP contribution in [0.5, 0.6) is 0 Å². The second-order valence-electron chi connectivity index (χ2n) is 4.43. The van der Waals surface area contributed by atoms with E-state index in [1.54, 1.807) is 0 Å². The summed E-state index contributed by atoms with van der Waals surface area (Å²) in [6.07, 6.45) is 6.94. The van der Waals surface area contributed by atoms with Crippen LogP contribution in [0.25, 0.3) is 0 Å². The summed E-state index contributed by atoms with van der Waals surface area (Å²) < 4.78 is 0. The number of hydrogen-bond acceptors (Lipinski definition) is 1. The van der Waals surface area contributed by atoms with E-state index in [1.165, 1.54) is 32.1 Å². The van der Waals surface area contributed by atoms with Gasteiger partial charge < -0.3 is 10.6 Å². The van der Waals surface area contributed by atoms with E-state index in [4.69, 9.17) is 12.2 Å². The molecule has 0 amide bonds. The molecule has 3 heteroatoms. The Balaban J connectivity index is 2.08. The van der Waals surface area contributed by atoms with E-state index in [0.717, 1.165) is 23.5 Å². The lowest BCUT2D eigenvalue weighted by molar-refractivity contribution is 0.270. The van der Waals surface area contributed by atoms with Crippen molar-refractivity contribution in [2.45, 2.75) is 39.0 Å². The van der Waals surface area contributed by atoms with Gasteiger partial charge in [0.05, 0.1) is 0 Å². The lowest BCUT2D eigenvalue weighted by Gasteiger charge is -2.26. The molecule has 2 unspecified atom stereocenters. The fourth-order valence-electron chi connectivity index (χ4n) is 2.30. The van der Waals surface area contributed by atoms with Crippen molar-refractivity contribution in [1.29, 1.82) is 0 Å². The highest BCUT2D eigenvalue weighted by atomic mass is 32.1. The summed E-state index contributed by atoms with van der Waals surface area (Å²) in [6.45, 7) is 3.40. The largest absolute Gasteiger partial charge is 0.366 e. The molecule has 2 N–H and O–H groups in total. The molecule has 1 saturated carbocycles. The van der Waals surface area contributed by atoms with Crippen molar-refractivity contribution in [2.75, 3.05) is 13.6 Å². The van der Waals surface area contributed by atoms with Gasteiger partial charge >= 0.3 is 0 Å². The molecule has 0 aromatic heterocycles. The number of thiocarbonyl (C=S) groups is 1. The smallest absolute Gasteiger partial charge is 0.166 e. The van der Waals surface area contributed by atoms with Crippen LogP contribution in [0.1, 0.15) is 39.0 Å². The lowest BCUT2D eigenvalue weighted by Crippen LogP contribution is -2.34. The Morgan fingerprint density at radius 2 is 2.21 bits per heavy atom. The monoisotopic (exact) mass is 214 g/mol. The average molecular weight is 214 g/mol. The van der Waals surface area contributed by atoms with E-state index in [1.807, 2.05) is 7.05 Å². The molecule has 1 rings (SSSR count). The molecule has 2 atom stereocenters. The first-order valence-electron chi connectivity index (χ1n) is 5.68. The van der Waals surface area contributed by atoms with Crippen LogP contribution in [0.4, 0.5) is 0 Å². The molecule has 1 aliphatic rings. The van der Waals surface area contributed by atoms with Crippen LogP contribution < -0.4 is 10.6 Å². The molecule has 0 aliphatic heterocycles. The van der Waals surface area contributed by atoms with Crippen LogP contribution in [-0.2, 0) is 0 Å². The van der Waals surface area contributed by atoms with Gasteiger partial charge in [-0.1, -0.05) is 26.2 Å². The third kappa shape index (κ3) is 4.27. The Labute approximate surface area is 92.8 Å². The zero-order valence-corrected chi connectivity index (χ0v) is 10.1. The van der Waals surface area contributed by atoms with Gasteiger partial charge in [0.2, 0.25) is 0 Å². The fourth-order valence-corrected chi connectivity index (χ4v) is 2.40. The Morgan fingerprint density at radius 3 is 2.86 bits per heavy atom. The van der Waals surface area contributed by atoms with Crippen molar-refractivity contribution in [1.82, 2.24) is 10.6 Å². The summed E-state index contributed by atoms with van der Waals surface area (Å²) in [5.74, 6) is 1.86. The van der Waals surface area contributed by atoms with E-state index in [0.29, 0.717) is 0 Å². The SMILES string of the molecule is CNC(=S)NCCC1CCCC(C)C1. The molecule has 1 aliphatic carbocycles. The Hall–Kier alpha value is -0.310. The van der Waals surface area contributed by atoms with Crippen LogP contribution in [0.15, 0.2) is 0 Å². The van der Waals surface area contributed by atoms with E-state index >= 15 is 0 Å². The van der Waals surface area contributed by atoms with Gasteiger partial charge in [0.1, 0.15) is 0 Å². The first kappa shape index (κ1) is 11.8. The third-order valence-corrected chi connectivity index (χ3v) is 3.46. The summed E-state index contributed by atoms with van der Waals surface area (Å²) in [5.41, 5.74) is 0. The highest BCUT2D eigenvalue weighted by molar-refractivity contribution is 7.80. The van der Waals surface area contributed by atoms with Crippen LogP contribution in [-0.4, -0.2) is 18.7 Å². The van der Waals surface area contributed by atoms with E-state index in [9.17, 15) is 0 Å². The van der Waals surface area contributed by atoms with Gasteiger partial charge in [-0.2, -0.15) is 0 Å². The first-order chi connectivity index (χ1) is 6.72. The van der Waals surface area contributed by atoms with Gasteiger partial charge in [0.25, 0.3) is 0 Å². The summed E-state index contributed by atoms with van der Waals surface area (Å²) in [5, 5.41) is 6.92. The highest BCUT2D eigenvalue weighted by Gasteiger charge is 2.18. The molecule has 2 nitrogen and oxygen atoms in total. The first-order valence-corrected chi connectivity index (χ1v) is 6.08. The normalized spacial score (nSPS) is 27.0. The molecule has 14 heavy (non-hydrogen) atoms. The summed E-state index contributed by atoms with van der Waals surface area (Å²) >= 11 is 5.02. The van der Waals surface area contributed by atoms with E-state index in [-0.39, 0.29) is 0 Å². The number of nitrogens with one attached hydrogen (secondary N) is 2. The number of hydrogen-bond donors (Lipinski definition) is 2. The zero-order valence-electron chi connectivity index (χ0n) is 9.31. The maximum atomic E-state index is 5.02. The fraction of sp³-hybridized carbons (Fsp3) is 0.909. The van der Waals surface area contributed by atoms with Crippen molar-refractivity contribution >= 4 is 17.3 Å². The summed E-state index contributed by atoms with van der Waals surface area (Å²) in [6, 6.07) is 0. The van der Waals surface area contributed by atoms with Gasteiger partial charge in [-0.25, -0.2) is 0 Å². The summed E-state index contributed by atoms with van der Waals surface area (Å²) in [7, 11) is 1.86. The Morgan fingerprint density at radius 1 is 1.43 bits per heavy atom. The van der Waals surface area contributed by atoms with E-state index < -0.39 is 0 Å². The van der Waals surface area contributed by atoms with Gasteiger partial charge in [-0.15, -0.1) is 0 Å². The van der Waals surface area contributed by atoms with Crippen molar-refractivity contribution < 1.29 is 0 Å². The summed E-state index contributed by atoms with van der Waals surface area (Å²) in [4.78, 5) is 0. The van der Waals surface area contributed by atoms with Crippen molar-refractivity contribution in [3.63, 3.8) is 0 Å². The minimum atomic E-state index is 0.772. The molecule has 82 valence electrons. The van der Waals surface area contributed by atoms with Gasteiger partial charge in [0.15, 0.2) is 5.11 Å². The Bertz CT molecular complexity index is 182. The van der Waals surface area contributed by atoms with Gasteiger partial charge in [-0.3, -0.25) is 0 Å². The highest BCUT2D eigenvalue weighted by Crippen LogP contribution is 2.30. The van der Waals surface area contributed by atoms with Crippen LogP contribution >= 0.6 is 12.2 Å². The molecule has 0 spiro atoms. The predicted octanol–water partition coefficient (Wildman–Crippen LogP) is 2.30. The maximum absolute atomic E-state index is 5.02. The lowest BCUT2D eigenvalue weighted by atomic mass is 9.81. The molecule has 0 heterocycles. The van der Waals surface area contributed by atoms with Crippen molar-refractivity contribution in [3.05, 3.63) is 0 Å². The Kier molecular flexibility index (Phi) is 5.23. The minimum Gasteiger partial charge on any atom is -0.366 e. The topological polar surface area (TPSA) is 24.1 Å². The molecule has 0 saturated heterocycles. The van der Waals surface area contributed by atoms with Crippen molar-refractivity contribution in [2.24, 2.45) is 11.8 Å². The van der Waals surface area contributed by atoms with Crippen molar-refractivity contribution in [3.8, 4) is 0 Å². The van der Waals surface area contributed by atoms with Crippen LogP contribution in [0, 0.1) is 11.8 Å². The third-order valence-electron chi connectivity index (χ3n) is 3.11. The molecule has 0 radical (unpaired) electrons. The molecular formula is C11H22N2S.